The lowest BCUT2D eigenvalue weighted by atomic mass is 9.94. The van der Waals surface area contributed by atoms with Gasteiger partial charge >= 0.3 is 0 Å². The Morgan fingerprint density at radius 3 is 2.73 bits per heavy atom. The Morgan fingerprint density at radius 1 is 1.27 bits per heavy atom. The van der Waals surface area contributed by atoms with Gasteiger partial charge in [0.05, 0.1) is 5.92 Å². The number of amides is 1. The second-order valence-electron chi connectivity index (χ2n) is 6.85. The van der Waals surface area contributed by atoms with Crippen LogP contribution in [0.4, 0.5) is 11.5 Å². The third kappa shape index (κ3) is 2.71. The molecule has 5 nitrogen and oxygen atoms in total. The van der Waals surface area contributed by atoms with Gasteiger partial charge in [0.15, 0.2) is 0 Å². The molecule has 0 aliphatic heterocycles. The van der Waals surface area contributed by atoms with Gasteiger partial charge in [-0.1, -0.05) is 12.2 Å². The summed E-state index contributed by atoms with van der Waals surface area (Å²) in [6, 6.07) is 5.93. The number of anilines is 2. The topological polar surface area (TPSA) is 80.9 Å². The lowest BCUT2D eigenvalue weighted by molar-refractivity contribution is -0.117. The fourth-order valence-electron chi connectivity index (χ4n) is 3.22. The van der Waals surface area contributed by atoms with Crippen molar-refractivity contribution in [2.75, 3.05) is 11.1 Å². The Hall–Kier alpha value is -3.21. The second-order valence-corrected chi connectivity index (χ2v) is 6.85. The zero-order valence-electron chi connectivity index (χ0n) is 14.8. The number of benzene rings is 1. The standard InChI is InChI=1S/C21H20N4O/c1-11-4-5-23-9-17(11)16-7-14-8-19(25-21(26)15-6-12(15)2)24-10-18(14)20(22)13(16)3/h4-5,7-10,15H,2,6,22H2,1,3H3,(H,24,25,26). The Labute approximate surface area is 152 Å². The van der Waals surface area contributed by atoms with Crippen LogP contribution in [0.3, 0.4) is 0 Å². The van der Waals surface area contributed by atoms with E-state index in [2.05, 4.69) is 34.9 Å². The summed E-state index contributed by atoms with van der Waals surface area (Å²) in [5, 5.41) is 4.68. The number of aryl methyl sites for hydroxylation is 1. The van der Waals surface area contributed by atoms with Crippen molar-refractivity contribution >= 4 is 28.2 Å². The van der Waals surface area contributed by atoms with Crippen LogP contribution >= 0.6 is 0 Å². The molecule has 3 aromatic rings. The summed E-state index contributed by atoms with van der Waals surface area (Å²) in [7, 11) is 0. The summed E-state index contributed by atoms with van der Waals surface area (Å²) < 4.78 is 0. The number of rotatable bonds is 3. The maximum Gasteiger partial charge on any atom is 0.233 e. The van der Waals surface area contributed by atoms with E-state index in [9.17, 15) is 4.79 Å². The molecule has 1 amide bonds. The lowest BCUT2D eigenvalue weighted by Gasteiger charge is -2.14. The molecule has 2 aromatic heterocycles. The molecule has 3 N–H and O–H groups in total. The third-order valence-corrected chi connectivity index (χ3v) is 5.03. The molecule has 1 unspecified atom stereocenters. The van der Waals surface area contributed by atoms with E-state index < -0.39 is 0 Å². The van der Waals surface area contributed by atoms with Crippen LogP contribution in [0, 0.1) is 19.8 Å². The molecule has 130 valence electrons. The van der Waals surface area contributed by atoms with E-state index in [1.807, 2.05) is 25.3 Å². The number of carbonyl (C=O) groups is 1. The number of hydrogen-bond acceptors (Lipinski definition) is 4. The highest BCUT2D eigenvalue weighted by Crippen LogP contribution is 2.37. The smallest absolute Gasteiger partial charge is 0.233 e. The SMILES string of the molecule is C=C1CC1C(=O)Nc1cc2cc(-c3cnccc3C)c(C)c(N)c2cn1. The van der Waals surface area contributed by atoms with Crippen molar-refractivity contribution in [3.05, 3.63) is 60.1 Å². The zero-order valence-corrected chi connectivity index (χ0v) is 14.8. The molecule has 0 radical (unpaired) electrons. The van der Waals surface area contributed by atoms with Crippen molar-refractivity contribution < 1.29 is 4.79 Å². The number of nitrogens with two attached hydrogens (primary N) is 1. The maximum absolute atomic E-state index is 12.1. The molecule has 26 heavy (non-hydrogen) atoms. The van der Waals surface area contributed by atoms with E-state index in [0.29, 0.717) is 11.5 Å². The van der Waals surface area contributed by atoms with Crippen molar-refractivity contribution in [3.8, 4) is 11.1 Å². The molecule has 0 spiro atoms. The van der Waals surface area contributed by atoms with Gasteiger partial charge in [0.25, 0.3) is 0 Å². The van der Waals surface area contributed by atoms with Crippen molar-refractivity contribution in [1.29, 1.82) is 0 Å². The average molecular weight is 344 g/mol. The van der Waals surface area contributed by atoms with Crippen molar-refractivity contribution in [1.82, 2.24) is 9.97 Å². The highest BCUT2D eigenvalue weighted by molar-refractivity contribution is 6.02. The Morgan fingerprint density at radius 2 is 2.04 bits per heavy atom. The van der Waals surface area contributed by atoms with E-state index in [0.717, 1.165) is 45.0 Å². The predicted octanol–water partition coefficient (Wildman–Crippen LogP) is 4.01. The van der Waals surface area contributed by atoms with Crippen LogP contribution in [0.5, 0.6) is 0 Å². The van der Waals surface area contributed by atoms with Crippen LogP contribution in [0.25, 0.3) is 21.9 Å². The van der Waals surface area contributed by atoms with Crippen LogP contribution in [0.15, 0.2) is 48.9 Å². The zero-order chi connectivity index (χ0) is 18.4. The number of nitrogens with zero attached hydrogens (tertiary/aromatic N) is 2. The lowest BCUT2D eigenvalue weighted by Crippen LogP contribution is -2.14. The van der Waals surface area contributed by atoms with E-state index >= 15 is 0 Å². The van der Waals surface area contributed by atoms with Gasteiger partial charge < -0.3 is 11.1 Å². The predicted molar refractivity (Wildman–Crippen MR) is 105 cm³/mol. The first-order chi connectivity index (χ1) is 12.5. The van der Waals surface area contributed by atoms with Crippen LogP contribution in [0.2, 0.25) is 0 Å². The van der Waals surface area contributed by atoms with Crippen LogP contribution < -0.4 is 11.1 Å². The van der Waals surface area contributed by atoms with Gasteiger partial charge in [-0.15, -0.1) is 0 Å². The molecule has 5 heteroatoms. The minimum atomic E-state index is -0.0795. The monoisotopic (exact) mass is 344 g/mol. The van der Waals surface area contributed by atoms with Gasteiger partial charge in [-0.3, -0.25) is 9.78 Å². The van der Waals surface area contributed by atoms with E-state index in [-0.39, 0.29) is 11.8 Å². The van der Waals surface area contributed by atoms with Crippen molar-refractivity contribution in [2.24, 2.45) is 5.92 Å². The van der Waals surface area contributed by atoms with E-state index in [1.54, 1.807) is 12.4 Å². The molecule has 1 fully saturated rings. The average Bonchev–Trinajstić information content (AvgIpc) is 3.36. The molecule has 0 bridgehead atoms. The van der Waals surface area contributed by atoms with Gasteiger partial charge in [-0.25, -0.2) is 4.98 Å². The van der Waals surface area contributed by atoms with Crippen molar-refractivity contribution in [3.63, 3.8) is 0 Å². The fourth-order valence-corrected chi connectivity index (χ4v) is 3.22. The molecule has 1 aliphatic rings. The molecule has 1 saturated carbocycles. The first kappa shape index (κ1) is 16.3. The number of aromatic nitrogens is 2. The summed E-state index contributed by atoms with van der Waals surface area (Å²) in [6.45, 7) is 7.89. The van der Waals surface area contributed by atoms with Gasteiger partial charge in [-0.2, -0.15) is 0 Å². The Balaban J connectivity index is 1.80. The van der Waals surface area contributed by atoms with Gasteiger partial charge in [0, 0.05) is 35.2 Å². The first-order valence-corrected chi connectivity index (χ1v) is 8.54. The largest absolute Gasteiger partial charge is 0.398 e. The maximum atomic E-state index is 12.1. The third-order valence-electron chi connectivity index (χ3n) is 5.03. The molecule has 4 rings (SSSR count). The molecule has 1 aliphatic carbocycles. The second kappa shape index (κ2) is 5.95. The number of carbonyl (C=O) groups excluding carboxylic acids is 1. The molecule has 2 heterocycles. The Kier molecular flexibility index (Phi) is 3.72. The highest BCUT2D eigenvalue weighted by atomic mass is 16.2. The normalized spacial score (nSPS) is 15.9. The molecular weight excluding hydrogens is 324 g/mol. The van der Waals surface area contributed by atoms with Crippen molar-refractivity contribution in [2.45, 2.75) is 20.3 Å². The van der Waals surface area contributed by atoms with Crippen LogP contribution in [0.1, 0.15) is 17.5 Å². The summed E-state index contributed by atoms with van der Waals surface area (Å²) in [6.07, 6.45) is 6.11. The summed E-state index contributed by atoms with van der Waals surface area (Å²) in [5.74, 6) is 0.397. The number of hydrogen-bond donors (Lipinski definition) is 2. The van der Waals surface area contributed by atoms with Gasteiger partial charge in [0.2, 0.25) is 5.91 Å². The number of fused-ring (bicyclic) bond motifs is 1. The number of nitrogen functional groups attached to an aromatic ring is 1. The summed E-state index contributed by atoms with van der Waals surface area (Å²) in [4.78, 5) is 20.7. The van der Waals surface area contributed by atoms with Crippen LogP contribution in [-0.2, 0) is 4.79 Å². The minimum Gasteiger partial charge on any atom is -0.398 e. The fraction of sp³-hybridized carbons (Fsp3) is 0.190. The number of nitrogens with one attached hydrogen (secondary N) is 1. The summed E-state index contributed by atoms with van der Waals surface area (Å²) in [5.41, 5.74) is 12.3. The summed E-state index contributed by atoms with van der Waals surface area (Å²) >= 11 is 0. The van der Waals surface area contributed by atoms with Gasteiger partial charge in [0.1, 0.15) is 5.82 Å². The molecular formula is C21H20N4O. The molecule has 1 aromatic carbocycles. The highest BCUT2D eigenvalue weighted by Gasteiger charge is 2.34. The van der Waals surface area contributed by atoms with Gasteiger partial charge in [-0.05, 0) is 60.5 Å². The minimum absolute atomic E-state index is 0.0507. The van der Waals surface area contributed by atoms with E-state index in [1.165, 1.54) is 0 Å². The number of pyridine rings is 2. The quantitative estimate of drug-likeness (QED) is 0.556. The molecule has 1 atom stereocenters. The first-order valence-electron chi connectivity index (χ1n) is 8.54. The van der Waals surface area contributed by atoms with E-state index in [4.69, 9.17) is 5.73 Å². The van der Waals surface area contributed by atoms with Crippen LogP contribution in [-0.4, -0.2) is 15.9 Å². The Bertz CT molecular complexity index is 1070. The molecule has 0 saturated heterocycles.